The van der Waals surface area contributed by atoms with Crippen molar-refractivity contribution in [3.05, 3.63) is 34.9 Å². The molecule has 5 heteroatoms. The van der Waals surface area contributed by atoms with Crippen molar-refractivity contribution in [1.82, 2.24) is 4.90 Å². The minimum atomic E-state index is -0.857. The van der Waals surface area contributed by atoms with Crippen LogP contribution in [0.2, 0.25) is 5.02 Å². The molecule has 0 aromatic heterocycles. The Hall–Kier alpha value is -1.55. The average molecular weight is 310 g/mol. The van der Waals surface area contributed by atoms with Gasteiger partial charge in [-0.05, 0) is 30.5 Å². The van der Waals surface area contributed by atoms with Gasteiger partial charge >= 0.3 is 5.97 Å². The zero-order valence-corrected chi connectivity index (χ0v) is 12.8. The molecule has 1 N–H and O–H groups in total. The number of nitrogens with zero attached hydrogens (tertiary/aromatic N) is 1. The van der Waals surface area contributed by atoms with Crippen LogP contribution in [-0.2, 0) is 16.1 Å². The molecule has 0 radical (unpaired) electrons. The molecular weight excluding hydrogens is 290 g/mol. The summed E-state index contributed by atoms with van der Waals surface area (Å²) in [4.78, 5) is 25.4. The number of hydrogen-bond donors (Lipinski definition) is 1. The van der Waals surface area contributed by atoms with E-state index < -0.39 is 17.8 Å². The third kappa shape index (κ3) is 3.97. The van der Waals surface area contributed by atoms with E-state index in [-0.39, 0.29) is 5.91 Å². The number of carbonyl (C=O) groups excluding carboxylic acids is 1. The van der Waals surface area contributed by atoms with E-state index in [2.05, 4.69) is 0 Å². The zero-order valence-electron chi connectivity index (χ0n) is 12.1. The number of aliphatic carboxylic acids is 1. The summed E-state index contributed by atoms with van der Waals surface area (Å²) in [5.74, 6) is -1.89. The van der Waals surface area contributed by atoms with E-state index in [0.29, 0.717) is 24.4 Å². The first-order chi connectivity index (χ1) is 9.99. The summed E-state index contributed by atoms with van der Waals surface area (Å²) in [5.41, 5.74) is 0.945. The van der Waals surface area contributed by atoms with E-state index in [4.69, 9.17) is 11.6 Å². The lowest BCUT2D eigenvalue weighted by Crippen LogP contribution is -2.40. The van der Waals surface area contributed by atoms with Gasteiger partial charge in [-0.3, -0.25) is 9.59 Å². The highest BCUT2D eigenvalue weighted by Gasteiger charge is 2.36. The summed E-state index contributed by atoms with van der Waals surface area (Å²) >= 11 is 5.94. The van der Waals surface area contributed by atoms with Gasteiger partial charge in [-0.2, -0.15) is 0 Å². The Morgan fingerprint density at radius 3 is 2.57 bits per heavy atom. The van der Waals surface area contributed by atoms with Gasteiger partial charge in [0.05, 0.1) is 11.8 Å². The van der Waals surface area contributed by atoms with Crippen molar-refractivity contribution in [3.63, 3.8) is 0 Å². The fraction of sp³-hybridized carbons (Fsp3) is 0.500. The molecule has 114 valence electrons. The predicted octanol–water partition coefficient (Wildman–Crippen LogP) is 3.19. The first-order valence-corrected chi connectivity index (χ1v) is 7.59. The van der Waals surface area contributed by atoms with E-state index in [1.165, 1.54) is 0 Å². The lowest BCUT2D eigenvalue weighted by molar-refractivity contribution is -0.152. The number of rotatable bonds is 4. The fourth-order valence-electron chi connectivity index (χ4n) is 2.99. The maximum Gasteiger partial charge on any atom is 0.307 e. The maximum absolute atomic E-state index is 12.5. The monoisotopic (exact) mass is 309 g/mol. The van der Waals surface area contributed by atoms with Crippen molar-refractivity contribution in [2.24, 2.45) is 11.8 Å². The van der Waals surface area contributed by atoms with E-state index in [1.807, 2.05) is 18.2 Å². The summed E-state index contributed by atoms with van der Waals surface area (Å²) in [6, 6.07) is 7.36. The second-order valence-electron chi connectivity index (χ2n) is 5.66. The number of halogens is 1. The molecule has 2 rings (SSSR count). The third-order valence-corrected chi connectivity index (χ3v) is 4.32. The molecule has 1 aliphatic carbocycles. The van der Waals surface area contributed by atoms with Crippen LogP contribution in [0.4, 0.5) is 0 Å². The second kappa shape index (κ2) is 6.94. The van der Waals surface area contributed by atoms with Crippen LogP contribution in [-0.4, -0.2) is 28.9 Å². The van der Waals surface area contributed by atoms with Crippen LogP contribution in [0.5, 0.6) is 0 Å². The number of carboxylic acid groups (broad SMARTS) is 1. The molecule has 0 aliphatic heterocycles. The average Bonchev–Trinajstić information content (AvgIpc) is 2.46. The van der Waals surface area contributed by atoms with Crippen LogP contribution in [0, 0.1) is 11.8 Å². The lowest BCUT2D eigenvalue weighted by atomic mass is 9.78. The highest BCUT2D eigenvalue weighted by Crippen LogP contribution is 2.31. The molecular formula is C16H20ClNO3. The number of hydrogen-bond acceptors (Lipinski definition) is 2. The van der Waals surface area contributed by atoms with Gasteiger partial charge in [-0.1, -0.05) is 36.6 Å². The topological polar surface area (TPSA) is 57.6 Å². The first kappa shape index (κ1) is 15.8. The number of carbonyl (C=O) groups is 2. The molecule has 0 heterocycles. The van der Waals surface area contributed by atoms with Gasteiger partial charge in [0.15, 0.2) is 0 Å². The van der Waals surface area contributed by atoms with Crippen molar-refractivity contribution >= 4 is 23.5 Å². The lowest BCUT2D eigenvalue weighted by Gasteiger charge is -2.31. The largest absolute Gasteiger partial charge is 0.481 e. The van der Waals surface area contributed by atoms with Crippen LogP contribution in [0.3, 0.4) is 0 Å². The quantitative estimate of drug-likeness (QED) is 0.929. The van der Waals surface area contributed by atoms with Crippen molar-refractivity contribution in [2.75, 3.05) is 7.05 Å². The summed E-state index contributed by atoms with van der Waals surface area (Å²) in [5, 5.41) is 9.91. The molecule has 2 atom stereocenters. The summed E-state index contributed by atoms with van der Waals surface area (Å²) in [6.07, 6.45) is 3.07. The van der Waals surface area contributed by atoms with Crippen LogP contribution in [0.25, 0.3) is 0 Å². The Bertz CT molecular complexity index is 532. The summed E-state index contributed by atoms with van der Waals surface area (Å²) in [7, 11) is 1.72. The Labute approximate surface area is 129 Å². The SMILES string of the molecule is CN(Cc1cccc(Cl)c1)C(=O)[C@@H]1CCCC[C@@H]1C(=O)O. The molecule has 1 aliphatic rings. The molecule has 0 unspecified atom stereocenters. The van der Waals surface area contributed by atoms with Crippen LogP contribution in [0.15, 0.2) is 24.3 Å². The van der Waals surface area contributed by atoms with Gasteiger partial charge in [0.25, 0.3) is 0 Å². The Morgan fingerprint density at radius 1 is 1.29 bits per heavy atom. The van der Waals surface area contributed by atoms with Crippen molar-refractivity contribution in [2.45, 2.75) is 32.2 Å². The van der Waals surface area contributed by atoms with Gasteiger partial charge in [-0.15, -0.1) is 0 Å². The molecule has 1 saturated carbocycles. The smallest absolute Gasteiger partial charge is 0.307 e. The van der Waals surface area contributed by atoms with Crippen LogP contribution in [0.1, 0.15) is 31.2 Å². The first-order valence-electron chi connectivity index (χ1n) is 7.21. The summed E-state index contributed by atoms with van der Waals surface area (Å²) in [6.45, 7) is 0.447. The molecule has 1 aromatic rings. The minimum absolute atomic E-state index is 0.0814. The standard InChI is InChI=1S/C16H20ClNO3/c1-18(10-11-5-4-6-12(17)9-11)15(19)13-7-2-3-8-14(13)16(20)21/h4-6,9,13-14H,2-3,7-8,10H2,1H3,(H,20,21)/t13-,14+/m1/s1. The number of benzene rings is 1. The zero-order chi connectivity index (χ0) is 15.4. The Kier molecular flexibility index (Phi) is 5.23. The van der Waals surface area contributed by atoms with Gasteiger partial charge < -0.3 is 10.0 Å². The highest BCUT2D eigenvalue weighted by molar-refractivity contribution is 6.30. The van der Waals surface area contributed by atoms with Crippen molar-refractivity contribution in [3.8, 4) is 0 Å². The van der Waals surface area contributed by atoms with Gasteiger partial charge in [0.1, 0.15) is 0 Å². The van der Waals surface area contributed by atoms with Gasteiger partial charge in [0, 0.05) is 18.6 Å². The molecule has 0 saturated heterocycles. The van der Waals surface area contributed by atoms with E-state index in [9.17, 15) is 14.7 Å². The fourth-order valence-corrected chi connectivity index (χ4v) is 3.21. The van der Waals surface area contributed by atoms with E-state index >= 15 is 0 Å². The van der Waals surface area contributed by atoms with Gasteiger partial charge in [-0.25, -0.2) is 0 Å². The molecule has 0 spiro atoms. The number of amides is 1. The molecule has 1 amide bonds. The summed E-state index contributed by atoms with van der Waals surface area (Å²) < 4.78 is 0. The molecule has 4 nitrogen and oxygen atoms in total. The molecule has 0 bridgehead atoms. The normalized spacial score (nSPS) is 21.8. The second-order valence-corrected chi connectivity index (χ2v) is 6.10. The Balaban J connectivity index is 2.05. The van der Waals surface area contributed by atoms with E-state index in [0.717, 1.165) is 18.4 Å². The third-order valence-electron chi connectivity index (χ3n) is 4.09. The minimum Gasteiger partial charge on any atom is -0.481 e. The van der Waals surface area contributed by atoms with Crippen molar-refractivity contribution < 1.29 is 14.7 Å². The molecule has 1 fully saturated rings. The van der Waals surface area contributed by atoms with Crippen molar-refractivity contribution in [1.29, 1.82) is 0 Å². The van der Waals surface area contributed by atoms with Gasteiger partial charge in [0.2, 0.25) is 5.91 Å². The van der Waals surface area contributed by atoms with Crippen LogP contribution >= 0.6 is 11.6 Å². The van der Waals surface area contributed by atoms with Crippen LogP contribution < -0.4 is 0 Å². The molecule has 1 aromatic carbocycles. The Morgan fingerprint density at radius 2 is 1.95 bits per heavy atom. The predicted molar refractivity (Wildman–Crippen MR) is 81.0 cm³/mol. The maximum atomic E-state index is 12.5. The molecule has 21 heavy (non-hydrogen) atoms. The van der Waals surface area contributed by atoms with E-state index in [1.54, 1.807) is 18.0 Å². The highest BCUT2D eigenvalue weighted by atomic mass is 35.5. The number of carboxylic acids is 1.